The van der Waals surface area contributed by atoms with Gasteiger partial charge in [-0.2, -0.15) is 0 Å². The summed E-state index contributed by atoms with van der Waals surface area (Å²) in [7, 11) is 0. The highest BCUT2D eigenvalue weighted by Crippen LogP contribution is 2.35. The van der Waals surface area contributed by atoms with Crippen LogP contribution in [0, 0.1) is 0 Å². The van der Waals surface area contributed by atoms with Crippen LogP contribution in [0.15, 0.2) is 0 Å². The monoisotopic (exact) mass is 990 g/mol. The van der Waals surface area contributed by atoms with E-state index in [4.69, 9.17) is 52.1 Å². The molecule has 6 heterocycles. The van der Waals surface area contributed by atoms with Crippen molar-refractivity contribution in [3.05, 3.63) is 0 Å². The van der Waals surface area contributed by atoms with Gasteiger partial charge in [0.2, 0.25) is 0 Å². The standard InChI is InChI=1S/C36H62O31/c37-1-7-13(41)19(47)22(50)32(60-7)57-5-11-17(45)28(25(53)31(56)59-11)65-35-26(54)29(16(44)10(4-40)63-35)67-36-27(55)30(66-34-24(52)21(49)15(43)9(3-39)62-34)18(46)12(64-36)6-58-33-23(51)20(48)14(42)8(2-38)61-33/h7-56H,1-6H2/t7?,8?,9?,10?,11?,12?,13?,14?,15?,16?,17?,18-,19?,20?,21?,22?,23?,24?,25+,26?,27?,28?,29?,30?,31?,32?,33?,34?,35?,36?/m1/s1. The van der Waals surface area contributed by atoms with Crippen molar-refractivity contribution < 1.29 is 154 Å². The van der Waals surface area contributed by atoms with E-state index in [9.17, 15) is 102 Å². The number of aliphatic hydroxyl groups excluding tert-OH is 20. The summed E-state index contributed by atoms with van der Waals surface area (Å²) >= 11 is 0. The van der Waals surface area contributed by atoms with Gasteiger partial charge in [-0.1, -0.05) is 0 Å². The van der Waals surface area contributed by atoms with Crippen molar-refractivity contribution in [2.24, 2.45) is 0 Å². The van der Waals surface area contributed by atoms with Crippen molar-refractivity contribution >= 4 is 0 Å². The summed E-state index contributed by atoms with van der Waals surface area (Å²) < 4.78 is 60.5. The zero-order chi connectivity index (χ0) is 49.3. The van der Waals surface area contributed by atoms with Crippen LogP contribution in [0.3, 0.4) is 0 Å². The van der Waals surface area contributed by atoms with E-state index in [0.29, 0.717) is 0 Å². The molecule has 0 spiro atoms. The molecular formula is C36H62O31. The first kappa shape index (κ1) is 55.1. The van der Waals surface area contributed by atoms with Gasteiger partial charge in [-0.05, 0) is 0 Å². The molecule has 6 rings (SSSR count). The molecule has 0 bridgehead atoms. The minimum atomic E-state index is -2.27. The second kappa shape index (κ2) is 23.5. The molecule has 0 aliphatic carbocycles. The van der Waals surface area contributed by atoms with Gasteiger partial charge in [0.15, 0.2) is 37.7 Å². The Morgan fingerprint density at radius 2 is 0.522 bits per heavy atom. The van der Waals surface area contributed by atoms with E-state index in [2.05, 4.69) is 0 Å². The van der Waals surface area contributed by atoms with Crippen LogP contribution in [0.4, 0.5) is 0 Å². The molecule has 0 aromatic rings. The van der Waals surface area contributed by atoms with Gasteiger partial charge in [0.25, 0.3) is 0 Å². The summed E-state index contributed by atoms with van der Waals surface area (Å²) in [5.74, 6) is 0. The van der Waals surface area contributed by atoms with E-state index >= 15 is 0 Å². The maximum absolute atomic E-state index is 11.6. The van der Waals surface area contributed by atoms with Gasteiger partial charge in [-0.15, -0.1) is 0 Å². The van der Waals surface area contributed by atoms with Crippen LogP contribution >= 0.6 is 0 Å². The predicted octanol–water partition coefficient (Wildman–Crippen LogP) is -14.1. The molecule has 6 fully saturated rings. The highest BCUT2D eigenvalue weighted by atomic mass is 16.8. The summed E-state index contributed by atoms with van der Waals surface area (Å²) in [6.07, 6.45) is -57.8. The SMILES string of the molecule is OCC1OC(OCC2OC(O)[C@@H](O)C(OC3OC(CO)C(O)C(OC4OC(COC5OC(CO)C(O)C(O)C5O)[C@@H](O)C(OC5OC(CO)C(O)C(O)C5O)C4O)C3O)C2O)C(O)C(O)C1O. The highest BCUT2D eigenvalue weighted by Gasteiger charge is 2.56. The first-order valence-corrected chi connectivity index (χ1v) is 21.1. The van der Waals surface area contributed by atoms with Gasteiger partial charge in [0, 0.05) is 0 Å². The minimum absolute atomic E-state index is 0.790. The van der Waals surface area contributed by atoms with Crippen molar-refractivity contribution in [1.29, 1.82) is 0 Å². The lowest BCUT2D eigenvalue weighted by Crippen LogP contribution is -2.68. The molecule has 31 nitrogen and oxygen atoms in total. The molecule has 30 atom stereocenters. The smallest absolute Gasteiger partial charge is 0.187 e. The fourth-order valence-corrected chi connectivity index (χ4v) is 8.29. The quantitative estimate of drug-likeness (QED) is 0.0683. The van der Waals surface area contributed by atoms with Crippen LogP contribution in [-0.4, -0.2) is 326 Å². The highest BCUT2D eigenvalue weighted by molar-refractivity contribution is 4.99. The second-order valence-corrected chi connectivity index (χ2v) is 16.8. The van der Waals surface area contributed by atoms with Crippen LogP contribution in [-0.2, 0) is 52.1 Å². The maximum atomic E-state index is 11.6. The Hall–Kier alpha value is -1.24. The van der Waals surface area contributed by atoms with Gasteiger partial charge in [-0.3, -0.25) is 0 Å². The molecular weight excluding hydrogens is 928 g/mol. The van der Waals surface area contributed by atoms with Gasteiger partial charge in [0.05, 0.1) is 39.6 Å². The van der Waals surface area contributed by atoms with E-state index in [0.717, 1.165) is 0 Å². The fraction of sp³-hybridized carbons (Fsp3) is 1.00. The van der Waals surface area contributed by atoms with Gasteiger partial charge in [0.1, 0.15) is 146 Å². The Morgan fingerprint density at radius 3 is 0.896 bits per heavy atom. The molecule has 6 aliphatic rings. The maximum Gasteiger partial charge on any atom is 0.187 e. The Labute approximate surface area is 378 Å². The molecule has 392 valence electrons. The predicted molar refractivity (Wildman–Crippen MR) is 199 cm³/mol. The van der Waals surface area contributed by atoms with E-state index in [-0.39, 0.29) is 0 Å². The Kier molecular flexibility index (Phi) is 19.4. The van der Waals surface area contributed by atoms with Gasteiger partial charge in [-0.25, -0.2) is 0 Å². The third-order valence-corrected chi connectivity index (χ3v) is 12.4. The van der Waals surface area contributed by atoms with Crippen molar-refractivity contribution in [2.75, 3.05) is 39.6 Å². The molecule has 28 unspecified atom stereocenters. The Balaban J connectivity index is 1.20. The zero-order valence-corrected chi connectivity index (χ0v) is 35.0. The molecule has 0 aromatic heterocycles. The van der Waals surface area contributed by atoms with E-state index in [1.165, 1.54) is 0 Å². The lowest BCUT2D eigenvalue weighted by atomic mass is 9.95. The Bertz CT molecular complexity index is 1500. The van der Waals surface area contributed by atoms with E-state index < -0.39 is 224 Å². The summed E-state index contributed by atoms with van der Waals surface area (Å²) in [6.45, 7) is -5.31. The summed E-state index contributed by atoms with van der Waals surface area (Å²) in [5, 5.41) is 210. The number of ether oxygens (including phenoxy) is 11. The third kappa shape index (κ3) is 11.5. The number of hydrogen-bond acceptors (Lipinski definition) is 31. The first-order chi connectivity index (χ1) is 31.7. The average Bonchev–Trinajstić information content (AvgIpc) is 3.31. The lowest BCUT2D eigenvalue weighted by Gasteiger charge is -2.49. The molecule has 0 radical (unpaired) electrons. The molecule has 0 amide bonds. The lowest BCUT2D eigenvalue weighted by molar-refractivity contribution is -0.393. The Morgan fingerprint density at radius 1 is 0.254 bits per heavy atom. The molecule has 31 heteroatoms. The number of hydrogen-bond donors (Lipinski definition) is 20. The molecule has 0 saturated carbocycles. The normalized spacial score (nSPS) is 53.4. The van der Waals surface area contributed by atoms with Crippen molar-refractivity contribution in [1.82, 2.24) is 0 Å². The van der Waals surface area contributed by atoms with Crippen molar-refractivity contribution in [3.63, 3.8) is 0 Å². The summed E-state index contributed by atoms with van der Waals surface area (Å²) in [5.41, 5.74) is 0. The number of rotatable bonds is 16. The second-order valence-electron chi connectivity index (χ2n) is 16.8. The van der Waals surface area contributed by atoms with Crippen molar-refractivity contribution in [3.8, 4) is 0 Å². The topological polar surface area (TPSA) is 506 Å². The fourth-order valence-electron chi connectivity index (χ4n) is 8.29. The zero-order valence-electron chi connectivity index (χ0n) is 35.0. The summed E-state index contributed by atoms with van der Waals surface area (Å²) in [4.78, 5) is 0. The number of aliphatic hydroxyl groups is 20. The largest absolute Gasteiger partial charge is 0.394 e. The van der Waals surface area contributed by atoms with Crippen LogP contribution in [0.5, 0.6) is 0 Å². The van der Waals surface area contributed by atoms with Crippen LogP contribution in [0.25, 0.3) is 0 Å². The van der Waals surface area contributed by atoms with Crippen molar-refractivity contribution in [2.45, 2.75) is 184 Å². The molecule has 20 N–H and O–H groups in total. The van der Waals surface area contributed by atoms with E-state index in [1.54, 1.807) is 0 Å². The van der Waals surface area contributed by atoms with E-state index in [1.807, 2.05) is 0 Å². The van der Waals surface area contributed by atoms with Crippen LogP contribution < -0.4 is 0 Å². The molecule has 6 aliphatic heterocycles. The van der Waals surface area contributed by atoms with Crippen LogP contribution in [0.1, 0.15) is 0 Å². The molecule has 67 heavy (non-hydrogen) atoms. The molecule has 0 aromatic carbocycles. The summed E-state index contributed by atoms with van der Waals surface area (Å²) in [6, 6.07) is 0. The van der Waals surface area contributed by atoms with Gasteiger partial charge >= 0.3 is 0 Å². The molecule has 6 saturated heterocycles. The average molecular weight is 991 g/mol. The first-order valence-electron chi connectivity index (χ1n) is 21.1. The minimum Gasteiger partial charge on any atom is -0.394 e. The van der Waals surface area contributed by atoms with Gasteiger partial charge < -0.3 is 154 Å². The third-order valence-electron chi connectivity index (χ3n) is 12.4. The van der Waals surface area contributed by atoms with Crippen LogP contribution in [0.2, 0.25) is 0 Å².